The van der Waals surface area contributed by atoms with Gasteiger partial charge in [-0.25, -0.2) is 0 Å². The van der Waals surface area contributed by atoms with Crippen LogP contribution in [0.3, 0.4) is 0 Å². The molecule has 1 nitrogen and oxygen atoms in total. The van der Waals surface area contributed by atoms with Gasteiger partial charge in [-0.15, -0.1) is 0 Å². The van der Waals surface area contributed by atoms with Crippen LogP contribution in [0.1, 0.15) is 5.56 Å². The fourth-order valence-electron chi connectivity index (χ4n) is 1.29. The minimum Gasteiger partial charge on any atom is -0.360 e. The van der Waals surface area contributed by atoms with Gasteiger partial charge in [0.05, 0.1) is 5.52 Å². The van der Waals surface area contributed by atoms with Crippen molar-refractivity contribution in [2.45, 2.75) is 6.92 Å². The number of rotatable bonds is 0. The van der Waals surface area contributed by atoms with E-state index in [-0.39, 0.29) is 0 Å². The Morgan fingerprint density at radius 1 is 1.42 bits per heavy atom. The molecule has 0 aliphatic rings. The van der Waals surface area contributed by atoms with E-state index >= 15 is 0 Å². The Hall–Kier alpha value is -0.0300. The summed E-state index contributed by atoms with van der Waals surface area (Å²) in [6, 6.07) is 4.25. The van der Waals surface area contributed by atoms with E-state index in [0.29, 0.717) is 0 Å². The summed E-state index contributed by atoms with van der Waals surface area (Å²) in [5.74, 6) is 0. The fraction of sp³-hybridized carbons (Fsp3) is 0.111. The molecule has 1 N–H and O–H groups in total. The van der Waals surface area contributed by atoms with E-state index in [0.717, 1.165) is 4.47 Å². The molecule has 0 spiro atoms. The van der Waals surface area contributed by atoms with Crippen molar-refractivity contribution in [2.75, 3.05) is 0 Å². The number of hydrogen-bond acceptors (Lipinski definition) is 0. The molecule has 0 saturated heterocycles. The van der Waals surface area contributed by atoms with Crippen LogP contribution in [-0.2, 0) is 0 Å². The minimum absolute atomic E-state index is 1.14. The quantitative estimate of drug-likeness (QED) is 0.704. The predicted molar refractivity (Wildman–Crippen MR) is 63.5 cm³/mol. The standard InChI is InChI=1S/C9H7BrIN/c1-5-4-12-9-7(5)2-6(10)3-8(9)11/h2-4,12H,1H3. The van der Waals surface area contributed by atoms with Crippen LogP contribution in [0.15, 0.2) is 22.8 Å². The van der Waals surface area contributed by atoms with Crippen LogP contribution < -0.4 is 0 Å². The monoisotopic (exact) mass is 335 g/mol. The van der Waals surface area contributed by atoms with Gasteiger partial charge in [-0.2, -0.15) is 0 Å². The average Bonchev–Trinajstić information content (AvgIpc) is 2.33. The Bertz CT molecular complexity index is 433. The number of halogens is 2. The number of aromatic nitrogens is 1. The summed E-state index contributed by atoms with van der Waals surface area (Å²) in [4.78, 5) is 3.26. The number of H-pyrrole nitrogens is 1. The maximum absolute atomic E-state index is 3.48. The number of nitrogens with one attached hydrogen (secondary N) is 1. The molecule has 0 atom stereocenters. The second kappa shape index (κ2) is 3.03. The van der Waals surface area contributed by atoms with Gasteiger partial charge in [-0.1, -0.05) is 15.9 Å². The molecule has 0 aliphatic heterocycles. The number of benzene rings is 1. The maximum Gasteiger partial charge on any atom is 0.0593 e. The van der Waals surface area contributed by atoms with Crippen LogP contribution in [0, 0.1) is 10.5 Å². The zero-order chi connectivity index (χ0) is 8.72. The molecule has 62 valence electrons. The van der Waals surface area contributed by atoms with Gasteiger partial charge >= 0.3 is 0 Å². The molecule has 0 radical (unpaired) electrons. The van der Waals surface area contributed by atoms with E-state index in [1.54, 1.807) is 0 Å². The van der Waals surface area contributed by atoms with Gasteiger partial charge < -0.3 is 4.98 Å². The second-order valence-corrected chi connectivity index (χ2v) is 4.86. The number of aromatic amines is 1. The van der Waals surface area contributed by atoms with E-state index in [2.05, 4.69) is 62.6 Å². The molecule has 3 heteroatoms. The van der Waals surface area contributed by atoms with Gasteiger partial charge in [-0.3, -0.25) is 0 Å². The van der Waals surface area contributed by atoms with Crippen molar-refractivity contribution in [2.24, 2.45) is 0 Å². The second-order valence-electron chi connectivity index (χ2n) is 2.78. The highest BCUT2D eigenvalue weighted by Gasteiger charge is 2.03. The van der Waals surface area contributed by atoms with E-state index < -0.39 is 0 Å². The molecule has 1 heterocycles. The highest BCUT2D eigenvalue weighted by Crippen LogP contribution is 2.26. The lowest BCUT2D eigenvalue weighted by Crippen LogP contribution is -1.76. The first-order valence-electron chi connectivity index (χ1n) is 3.61. The first-order valence-corrected chi connectivity index (χ1v) is 5.48. The summed E-state index contributed by atoms with van der Waals surface area (Å²) in [5.41, 5.74) is 2.53. The Morgan fingerprint density at radius 3 is 2.92 bits per heavy atom. The molecule has 0 unspecified atom stereocenters. The van der Waals surface area contributed by atoms with Crippen LogP contribution in [0.4, 0.5) is 0 Å². The van der Waals surface area contributed by atoms with Crippen molar-refractivity contribution >= 4 is 49.4 Å². The SMILES string of the molecule is Cc1c[nH]c2c(I)cc(Br)cc12. The largest absolute Gasteiger partial charge is 0.360 e. The van der Waals surface area contributed by atoms with E-state index in [1.165, 1.54) is 20.0 Å². The van der Waals surface area contributed by atoms with Crippen LogP contribution >= 0.6 is 38.5 Å². The minimum atomic E-state index is 1.14. The van der Waals surface area contributed by atoms with Crippen molar-refractivity contribution in [1.82, 2.24) is 4.98 Å². The molecule has 0 amide bonds. The molecule has 2 aromatic rings. The Labute approximate surface area is 92.8 Å². The number of hydrogen-bond donors (Lipinski definition) is 1. The van der Waals surface area contributed by atoms with Crippen LogP contribution in [0.2, 0.25) is 0 Å². The summed E-state index contributed by atoms with van der Waals surface area (Å²) < 4.78 is 2.40. The lowest BCUT2D eigenvalue weighted by atomic mass is 10.2. The lowest BCUT2D eigenvalue weighted by Gasteiger charge is -1.96. The smallest absolute Gasteiger partial charge is 0.0593 e. The lowest BCUT2D eigenvalue weighted by molar-refractivity contribution is 1.42. The van der Waals surface area contributed by atoms with E-state index in [4.69, 9.17) is 0 Å². The van der Waals surface area contributed by atoms with E-state index in [1.807, 2.05) is 6.20 Å². The van der Waals surface area contributed by atoms with Gasteiger partial charge in [-0.05, 0) is 47.2 Å². The summed E-state index contributed by atoms with van der Waals surface area (Å²) in [7, 11) is 0. The topological polar surface area (TPSA) is 15.8 Å². The molecule has 0 fully saturated rings. The highest BCUT2D eigenvalue weighted by molar-refractivity contribution is 14.1. The maximum atomic E-state index is 3.48. The Morgan fingerprint density at radius 2 is 2.17 bits per heavy atom. The number of fused-ring (bicyclic) bond motifs is 1. The van der Waals surface area contributed by atoms with Crippen LogP contribution in [0.5, 0.6) is 0 Å². The van der Waals surface area contributed by atoms with Crippen molar-refractivity contribution in [3.05, 3.63) is 31.9 Å². The highest BCUT2D eigenvalue weighted by atomic mass is 127. The van der Waals surface area contributed by atoms with Crippen LogP contribution in [-0.4, -0.2) is 4.98 Å². The molecule has 12 heavy (non-hydrogen) atoms. The van der Waals surface area contributed by atoms with Gasteiger partial charge in [0, 0.05) is 19.6 Å². The van der Waals surface area contributed by atoms with Gasteiger partial charge in [0.2, 0.25) is 0 Å². The van der Waals surface area contributed by atoms with Crippen molar-refractivity contribution in [3.63, 3.8) is 0 Å². The van der Waals surface area contributed by atoms with Gasteiger partial charge in [0.15, 0.2) is 0 Å². The molecule has 0 saturated carbocycles. The predicted octanol–water partition coefficient (Wildman–Crippen LogP) is 3.84. The van der Waals surface area contributed by atoms with Crippen molar-refractivity contribution < 1.29 is 0 Å². The zero-order valence-electron chi connectivity index (χ0n) is 6.49. The molecule has 2 rings (SSSR count). The Balaban J connectivity index is 2.92. The summed E-state index contributed by atoms with van der Waals surface area (Å²) in [5, 5.41) is 1.30. The van der Waals surface area contributed by atoms with Gasteiger partial charge in [0.25, 0.3) is 0 Å². The molecular formula is C9H7BrIN. The van der Waals surface area contributed by atoms with E-state index in [9.17, 15) is 0 Å². The fourth-order valence-corrected chi connectivity index (χ4v) is 2.96. The third-order valence-electron chi connectivity index (χ3n) is 1.91. The van der Waals surface area contributed by atoms with Crippen molar-refractivity contribution in [1.29, 1.82) is 0 Å². The molecular weight excluding hydrogens is 329 g/mol. The normalized spacial score (nSPS) is 10.9. The molecule has 0 aliphatic carbocycles. The molecule has 0 bridgehead atoms. The Kier molecular flexibility index (Phi) is 2.16. The first-order chi connectivity index (χ1) is 5.68. The van der Waals surface area contributed by atoms with Crippen molar-refractivity contribution in [3.8, 4) is 0 Å². The third-order valence-corrected chi connectivity index (χ3v) is 3.22. The zero-order valence-corrected chi connectivity index (χ0v) is 10.2. The third kappa shape index (κ3) is 1.29. The number of aryl methyl sites for hydroxylation is 1. The average molecular weight is 336 g/mol. The summed E-state index contributed by atoms with van der Waals surface area (Å²) >= 11 is 5.82. The summed E-state index contributed by atoms with van der Waals surface area (Å²) in [6.45, 7) is 2.11. The van der Waals surface area contributed by atoms with Crippen LogP contribution in [0.25, 0.3) is 10.9 Å². The van der Waals surface area contributed by atoms with Gasteiger partial charge in [0.1, 0.15) is 0 Å². The first kappa shape index (κ1) is 8.56. The molecule has 1 aromatic carbocycles. The summed E-state index contributed by atoms with van der Waals surface area (Å²) in [6.07, 6.45) is 2.04. The molecule has 1 aromatic heterocycles.